The molecule has 1 aliphatic carbocycles. The van der Waals surface area contributed by atoms with Crippen molar-refractivity contribution in [3.63, 3.8) is 0 Å². The van der Waals surface area contributed by atoms with Crippen molar-refractivity contribution in [2.45, 2.75) is 66.0 Å². The molecule has 0 aromatic rings. The van der Waals surface area contributed by atoms with Gasteiger partial charge in [0.1, 0.15) is 0 Å². The molecule has 0 aliphatic heterocycles. The van der Waals surface area contributed by atoms with Crippen LogP contribution in [0.4, 0.5) is 0 Å². The molecule has 0 heterocycles. The predicted molar refractivity (Wildman–Crippen MR) is 76.4 cm³/mol. The highest BCUT2D eigenvalue weighted by Crippen LogP contribution is 2.37. The van der Waals surface area contributed by atoms with Crippen molar-refractivity contribution >= 4 is 0 Å². The molecule has 2 nitrogen and oxygen atoms in total. The van der Waals surface area contributed by atoms with E-state index in [0.717, 1.165) is 12.5 Å². The zero-order chi connectivity index (χ0) is 13.1. The van der Waals surface area contributed by atoms with Crippen molar-refractivity contribution in [3.05, 3.63) is 0 Å². The lowest BCUT2D eigenvalue weighted by Gasteiger charge is -2.45. The molecule has 1 fully saturated rings. The van der Waals surface area contributed by atoms with Crippen LogP contribution in [-0.2, 0) is 0 Å². The molecule has 2 heteroatoms. The van der Waals surface area contributed by atoms with Gasteiger partial charge in [-0.1, -0.05) is 34.6 Å². The minimum absolute atomic E-state index is 0.516. The van der Waals surface area contributed by atoms with Crippen LogP contribution in [0.1, 0.15) is 53.9 Å². The van der Waals surface area contributed by atoms with Crippen molar-refractivity contribution in [1.29, 1.82) is 0 Å². The summed E-state index contributed by atoms with van der Waals surface area (Å²) in [5, 5.41) is 3.68. The zero-order valence-electron chi connectivity index (χ0n) is 12.7. The third-order valence-corrected chi connectivity index (χ3v) is 4.04. The fourth-order valence-corrected chi connectivity index (χ4v) is 3.22. The van der Waals surface area contributed by atoms with Crippen LogP contribution in [0, 0.1) is 11.3 Å². The van der Waals surface area contributed by atoms with Crippen molar-refractivity contribution in [1.82, 2.24) is 10.2 Å². The molecule has 1 rings (SSSR count). The fraction of sp³-hybridized carbons (Fsp3) is 1.00. The van der Waals surface area contributed by atoms with Crippen molar-refractivity contribution in [3.8, 4) is 0 Å². The van der Waals surface area contributed by atoms with E-state index in [1.165, 1.54) is 25.8 Å². The van der Waals surface area contributed by atoms with Gasteiger partial charge in [-0.2, -0.15) is 0 Å². The molecule has 0 aromatic carbocycles. The van der Waals surface area contributed by atoms with Crippen LogP contribution in [0.2, 0.25) is 0 Å². The van der Waals surface area contributed by atoms with Gasteiger partial charge in [-0.15, -0.1) is 0 Å². The minimum atomic E-state index is 0.516. The van der Waals surface area contributed by atoms with Crippen LogP contribution in [0.15, 0.2) is 0 Å². The quantitative estimate of drug-likeness (QED) is 0.794. The van der Waals surface area contributed by atoms with Crippen LogP contribution in [0.3, 0.4) is 0 Å². The van der Waals surface area contributed by atoms with Gasteiger partial charge < -0.3 is 10.2 Å². The summed E-state index contributed by atoms with van der Waals surface area (Å²) in [6, 6.07) is 1.40. The first-order valence-electron chi connectivity index (χ1n) is 7.29. The van der Waals surface area contributed by atoms with E-state index in [2.05, 4.69) is 51.9 Å². The van der Waals surface area contributed by atoms with Gasteiger partial charge in [0.2, 0.25) is 0 Å². The first-order chi connectivity index (χ1) is 7.85. The average Bonchev–Trinajstić information content (AvgIpc) is 2.19. The van der Waals surface area contributed by atoms with Gasteiger partial charge in [0.05, 0.1) is 0 Å². The number of rotatable bonds is 5. The Kier molecular flexibility index (Phi) is 5.46. The van der Waals surface area contributed by atoms with Crippen molar-refractivity contribution in [2.75, 3.05) is 20.1 Å². The summed E-state index contributed by atoms with van der Waals surface area (Å²) < 4.78 is 0. The summed E-state index contributed by atoms with van der Waals surface area (Å²) in [5.41, 5.74) is 0.516. The van der Waals surface area contributed by atoms with E-state index >= 15 is 0 Å². The molecular formula is C15H32N2. The zero-order valence-corrected chi connectivity index (χ0v) is 12.7. The highest BCUT2D eigenvalue weighted by atomic mass is 15.2. The van der Waals surface area contributed by atoms with Crippen LogP contribution >= 0.6 is 0 Å². The van der Waals surface area contributed by atoms with Gasteiger partial charge in [-0.05, 0) is 44.2 Å². The van der Waals surface area contributed by atoms with Crippen LogP contribution in [0.5, 0.6) is 0 Å². The second-order valence-electron chi connectivity index (χ2n) is 6.97. The molecule has 17 heavy (non-hydrogen) atoms. The summed E-state index contributed by atoms with van der Waals surface area (Å²) in [6.07, 6.45) is 4.01. The van der Waals surface area contributed by atoms with E-state index in [4.69, 9.17) is 0 Å². The molecule has 0 aromatic heterocycles. The Hall–Kier alpha value is -0.0800. The molecule has 0 spiro atoms. The van der Waals surface area contributed by atoms with Crippen LogP contribution < -0.4 is 5.32 Å². The molecule has 1 saturated carbocycles. The third kappa shape index (κ3) is 4.59. The lowest BCUT2D eigenvalue weighted by atomic mass is 9.72. The summed E-state index contributed by atoms with van der Waals surface area (Å²) in [6.45, 7) is 14.0. The smallest absolute Gasteiger partial charge is 0.0251 e. The van der Waals surface area contributed by atoms with Crippen molar-refractivity contribution < 1.29 is 0 Å². The monoisotopic (exact) mass is 240 g/mol. The van der Waals surface area contributed by atoms with Gasteiger partial charge in [-0.25, -0.2) is 0 Å². The van der Waals surface area contributed by atoms with E-state index in [1.807, 2.05) is 0 Å². The number of hydrogen-bond donors (Lipinski definition) is 1. The van der Waals surface area contributed by atoms with E-state index in [1.54, 1.807) is 0 Å². The molecular weight excluding hydrogens is 208 g/mol. The first kappa shape index (κ1) is 15.0. The van der Waals surface area contributed by atoms with Gasteiger partial charge in [-0.3, -0.25) is 0 Å². The maximum Gasteiger partial charge on any atom is 0.0251 e. The Morgan fingerprint density at radius 1 is 1.35 bits per heavy atom. The topological polar surface area (TPSA) is 15.3 Å². The molecule has 2 atom stereocenters. The first-order valence-corrected chi connectivity index (χ1v) is 7.29. The summed E-state index contributed by atoms with van der Waals surface area (Å²) in [5.74, 6) is 0.757. The van der Waals surface area contributed by atoms with E-state index in [9.17, 15) is 0 Å². The molecule has 0 amide bonds. The average molecular weight is 240 g/mol. The van der Waals surface area contributed by atoms with E-state index in [0.29, 0.717) is 17.5 Å². The lowest BCUT2D eigenvalue weighted by Crippen LogP contribution is -2.54. The number of likely N-dealkylation sites (N-methyl/N-ethyl adjacent to an activating group) is 2. The fourth-order valence-electron chi connectivity index (χ4n) is 3.22. The Morgan fingerprint density at radius 2 is 2.00 bits per heavy atom. The number of nitrogens with one attached hydrogen (secondary N) is 1. The SMILES string of the molecule is CCNC1CCC(C)(C)CC1N(C)CC(C)C. The molecule has 102 valence electrons. The van der Waals surface area contributed by atoms with Crippen molar-refractivity contribution in [2.24, 2.45) is 11.3 Å². The number of nitrogens with zero attached hydrogens (tertiary/aromatic N) is 1. The van der Waals surface area contributed by atoms with Gasteiger partial charge in [0.25, 0.3) is 0 Å². The maximum absolute atomic E-state index is 3.68. The Balaban J connectivity index is 2.66. The highest BCUT2D eigenvalue weighted by Gasteiger charge is 2.36. The van der Waals surface area contributed by atoms with Gasteiger partial charge in [0, 0.05) is 18.6 Å². The van der Waals surface area contributed by atoms with E-state index in [-0.39, 0.29) is 0 Å². The Morgan fingerprint density at radius 3 is 2.53 bits per heavy atom. The molecule has 0 radical (unpaired) electrons. The third-order valence-electron chi connectivity index (χ3n) is 4.04. The highest BCUT2D eigenvalue weighted by molar-refractivity contribution is 4.93. The molecule has 0 saturated heterocycles. The molecule has 2 unspecified atom stereocenters. The second kappa shape index (κ2) is 6.19. The van der Waals surface area contributed by atoms with Gasteiger partial charge >= 0.3 is 0 Å². The molecule has 1 N–H and O–H groups in total. The van der Waals surface area contributed by atoms with E-state index < -0.39 is 0 Å². The summed E-state index contributed by atoms with van der Waals surface area (Å²) >= 11 is 0. The van der Waals surface area contributed by atoms with Gasteiger partial charge in [0.15, 0.2) is 0 Å². The summed E-state index contributed by atoms with van der Waals surface area (Å²) in [4.78, 5) is 2.58. The normalized spacial score (nSPS) is 28.9. The maximum atomic E-state index is 3.68. The van der Waals surface area contributed by atoms with Crippen LogP contribution in [0.25, 0.3) is 0 Å². The Labute approximate surface area is 108 Å². The largest absolute Gasteiger partial charge is 0.313 e. The lowest BCUT2D eigenvalue weighted by molar-refractivity contribution is 0.0755. The molecule has 0 bridgehead atoms. The number of hydrogen-bond acceptors (Lipinski definition) is 2. The second-order valence-corrected chi connectivity index (χ2v) is 6.97. The predicted octanol–water partition coefficient (Wildman–Crippen LogP) is 3.13. The minimum Gasteiger partial charge on any atom is -0.313 e. The standard InChI is InChI=1S/C15H32N2/c1-7-16-13-8-9-15(4,5)10-14(13)17(6)11-12(2)3/h12-14,16H,7-11H2,1-6H3. The summed E-state index contributed by atoms with van der Waals surface area (Å²) in [7, 11) is 2.30. The Bertz CT molecular complexity index is 223. The molecule has 1 aliphatic rings. The van der Waals surface area contributed by atoms with Crippen LogP contribution in [-0.4, -0.2) is 37.1 Å².